The van der Waals surface area contributed by atoms with Gasteiger partial charge >= 0.3 is 0 Å². The maximum atomic E-state index is 10.5. The summed E-state index contributed by atoms with van der Waals surface area (Å²) in [5.41, 5.74) is 1.96. The highest BCUT2D eigenvalue weighted by Crippen LogP contribution is 2.38. The van der Waals surface area contributed by atoms with Crippen LogP contribution in [0.5, 0.6) is 5.75 Å². The molecule has 0 radical (unpaired) electrons. The lowest BCUT2D eigenvalue weighted by Gasteiger charge is -2.29. The van der Waals surface area contributed by atoms with Gasteiger partial charge in [-0.2, -0.15) is 0 Å². The zero-order chi connectivity index (χ0) is 12.5. The normalized spacial score (nSPS) is 24.4. The van der Waals surface area contributed by atoms with Crippen molar-refractivity contribution in [3.63, 3.8) is 0 Å². The zero-order valence-corrected chi connectivity index (χ0v) is 11.0. The minimum absolute atomic E-state index is 0.116. The van der Waals surface area contributed by atoms with Gasteiger partial charge in [0.05, 0.1) is 12.7 Å². The maximum absolute atomic E-state index is 10.5. The average molecular weight is 268 g/mol. The number of piperidine rings is 1. The molecule has 2 aliphatic rings. The summed E-state index contributed by atoms with van der Waals surface area (Å²) < 4.78 is 5.65. The summed E-state index contributed by atoms with van der Waals surface area (Å²) in [6.45, 7) is 1.67. The highest BCUT2D eigenvalue weighted by atomic mass is 35.5. The van der Waals surface area contributed by atoms with E-state index in [1.807, 2.05) is 12.1 Å². The van der Waals surface area contributed by atoms with Crippen LogP contribution < -0.4 is 10.1 Å². The lowest BCUT2D eigenvalue weighted by molar-refractivity contribution is 0.111. The van der Waals surface area contributed by atoms with Crippen molar-refractivity contribution in [3.8, 4) is 5.75 Å². The van der Waals surface area contributed by atoms with Gasteiger partial charge in [-0.15, -0.1) is 0 Å². The second-order valence-corrected chi connectivity index (χ2v) is 5.52. The highest BCUT2D eigenvalue weighted by molar-refractivity contribution is 6.30. The number of aliphatic hydroxyl groups is 1. The molecule has 1 aromatic carbocycles. The van der Waals surface area contributed by atoms with E-state index in [0.29, 0.717) is 11.6 Å². The first-order valence-electron chi connectivity index (χ1n) is 6.62. The number of rotatable bonds is 2. The van der Waals surface area contributed by atoms with Crippen molar-refractivity contribution in [2.24, 2.45) is 0 Å². The average Bonchev–Trinajstić information content (AvgIpc) is 2.86. The Morgan fingerprint density at radius 2 is 2.28 bits per heavy atom. The lowest BCUT2D eigenvalue weighted by atomic mass is 9.93. The van der Waals surface area contributed by atoms with Crippen molar-refractivity contribution in [3.05, 3.63) is 28.3 Å². The summed E-state index contributed by atoms with van der Waals surface area (Å²) in [5.74, 6) is 0.847. The molecular formula is C14H18ClNO2. The molecule has 0 aliphatic carbocycles. The van der Waals surface area contributed by atoms with E-state index in [1.54, 1.807) is 0 Å². The molecule has 2 N–H and O–H groups in total. The van der Waals surface area contributed by atoms with Gasteiger partial charge in [-0.05, 0) is 37.1 Å². The smallest absolute Gasteiger partial charge is 0.128 e. The molecule has 18 heavy (non-hydrogen) atoms. The molecule has 0 aromatic heterocycles. The lowest BCUT2D eigenvalue weighted by Crippen LogP contribution is -2.38. The third-order valence-electron chi connectivity index (χ3n) is 3.83. The van der Waals surface area contributed by atoms with E-state index in [-0.39, 0.29) is 6.04 Å². The van der Waals surface area contributed by atoms with E-state index in [1.165, 1.54) is 12.8 Å². The van der Waals surface area contributed by atoms with E-state index in [9.17, 15) is 5.11 Å². The molecule has 0 amide bonds. The van der Waals surface area contributed by atoms with Gasteiger partial charge in [0.2, 0.25) is 0 Å². The molecule has 4 heteroatoms. The van der Waals surface area contributed by atoms with Crippen LogP contribution in [0.25, 0.3) is 0 Å². The van der Waals surface area contributed by atoms with Gasteiger partial charge in [-0.1, -0.05) is 18.0 Å². The third-order valence-corrected chi connectivity index (χ3v) is 4.04. The monoisotopic (exact) mass is 267 g/mol. The van der Waals surface area contributed by atoms with Crippen LogP contribution in [0.15, 0.2) is 12.1 Å². The topological polar surface area (TPSA) is 41.5 Å². The van der Waals surface area contributed by atoms with Crippen LogP contribution in [0, 0.1) is 0 Å². The summed E-state index contributed by atoms with van der Waals surface area (Å²) in [6, 6.07) is 3.90. The third kappa shape index (κ3) is 2.22. The molecule has 98 valence electrons. The van der Waals surface area contributed by atoms with Crippen molar-refractivity contribution in [1.29, 1.82) is 0 Å². The SMILES string of the molecule is OC(c1cc(Cl)cc2c1OCC2)C1CCCCN1. The van der Waals surface area contributed by atoms with Gasteiger partial charge in [0.25, 0.3) is 0 Å². The van der Waals surface area contributed by atoms with Crippen LogP contribution >= 0.6 is 11.6 Å². The van der Waals surface area contributed by atoms with Crippen LogP contribution in [-0.4, -0.2) is 24.3 Å². The molecule has 2 heterocycles. The maximum Gasteiger partial charge on any atom is 0.128 e. The van der Waals surface area contributed by atoms with Gasteiger partial charge in [-0.3, -0.25) is 0 Å². The Morgan fingerprint density at radius 1 is 1.39 bits per heavy atom. The van der Waals surface area contributed by atoms with Gasteiger partial charge < -0.3 is 15.2 Å². The number of nitrogens with one attached hydrogen (secondary N) is 1. The number of hydrogen-bond donors (Lipinski definition) is 2. The minimum atomic E-state index is -0.532. The number of ether oxygens (including phenoxy) is 1. The number of aliphatic hydroxyl groups excluding tert-OH is 1. The quantitative estimate of drug-likeness (QED) is 0.865. The van der Waals surface area contributed by atoms with E-state index < -0.39 is 6.10 Å². The summed E-state index contributed by atoms with van der Waals surface area (Å²) in [7, 11) is 0. The van der Waals surface area contributed by atoms with Crippen LogP contribution in [0.2, 0.25) is 5.02 Å². The molecule has 0 bridgehead atoms. The molecule has 2 atom stereocenters. The molecule has 1 saturated heterocycles. The van der Waals surface area contributed by atoms with Gasteiger partial charge in [0, 0.05) is 23.0 Å². The van der Waals surface area contributed by atoms with Gasteiger partial charge in [-0.25, -0.2) is 0 Å². The predicted octanol–water partition coefficient (Wildman–Crippen LogP) is 2.45. The molecule has 3 nitrogen and oxygen atoms in total. The largest absolute Gasteiger partial charge is 0.493 e. The van der Waals surface area contributed by atoms with Crippen LogP contribution in [0.1, 0.15) is 36.5 Å². The fourth-order valence-corrected chi connectivity index (χ4v) is 3.13. The predicted molar refractivity (Wildman–Crippen MR) is 71.3 cm³/mol. The Labute approximate surface area is 112 Å². The molecule has 0 spiro atoms. The molecular weight excluding hydrogens is 250 g/mol. The van der Waals surface area contributed by atoms with Gasteiger partial charge in [0.15, 0.2) is 0 Å². The summed E-state index contributed by atoms with van der Waals surface area (Å²) >= 11 is 6.12. The Hall–Kier alpha value is -0.770. The molecule has 2 aliphatic heterocycles. The molecule has 1 fully saturated rings. The fourth-order valence-electron chi connectivity index (χ4n) is 2.88. The molecule has 2 unspecified atom stereocenters. The molecule has 1 aromatic rings. The van der Waals surface area contributed by atoms with E-state index in [2.05, 4.69) is 5.32 Å². The Balaban J connectivity index is 1.91. The van der Waals surface area contributed by atoms with Gasteiger partial charge in [0.1, 0.15) is 5.75 Å². The fraction of sp³-hybridized carbons (Fsp3) is 0.571. The van der Waals surface area contributed by atoms with Crippen molar-refractivity contribution in [2.45, 2.75) is 37.8 Å². The zero-order valence-electron chi connectivity index (χ0n) is 10.3. The first-order chi connectivity index (χ1) is 8.75. The van der Waals surface area contributed by atoms with Crippen molar-refractivity contribution in [2.75, 3.05) is 13.2 Å². The first kappa shape index (κ1) is 12.3. The first-order valence-corrected chi connectivity index (χ1v) is 7.00. The summed E-state index contributed by atoms with van der Waals surface area (Å²) in [6.07, 6.45) is 3.71. The Kier molecular flexibility index (Phi) is 3.46. The van der Waals surface area contributed by atoms with Crippen molar-refractivity contribution in [1.82, 2.24) is 5.32 Å². The second-order valence-electron chi connectivity index (χ2n) is 5.08. The summed E-state index contributed by atoms with van der Waals surface area (Å²) in [5, 5.41) is 14.6. The Bertz CT molecular complexity index is 444. The van der Waals surface area contributed by atoms with Crippen LogP contribution in [-0.2, 0) is 6.42 Å². The van der Waals surface area contributed by atoms with Crippen molar-refractivity contribution < 1.29 is 9.84 Å². The summed E-state index contributed by atoms with van der Waals surface area (Å²) in [4.78, 5) is 0. The van der Waals surface area contributed by atoms with Crippen LogP contribution in [0.3, 0.4) is 0 Å². The van der Waals surface area contributed by atoms with E-state index in [4.69, 9.17) is 16.3 Å². The number of hydrogen-bond acceptors (Lipinski definition) is 3. The number of fused-ring (bicyclic) bond motifs is 1. The van der Waals surface area contributed by atoms with E-state index in [0.717, 1.165) is 36.3 Å². The number of benzene rings is 1. The standard InChI is InChI=1S/C14H18ClNO2/c15-10-7-9-4-6-18-14(9)11(8-10)13(17)12-3-1-2-5-16-12/h7-8,12-13,16-17H,1-6H2. The molecule has 0 saturated carbocycles. The minimum Gasteiger partial charge on any atom is -0.493 e. The van der Waals surface area contributed by atoms with E-state index >= 15 is 0 Å². The number of halogens is 1. The second kappa shape index (κ2) is 5.08. The highest BCUT2D eigenvalue weighted by Gasteiger charge is 2.28. The molecule has 3 rings (SSSR count). The Morgan fingerprint density at radius 3 is 3.06 bits per heavy atom. The van der Waals surface area contributed by atoms with Crippen molar-refractivity contribution >= 4 is 11.6 Å². The van der Waals surface area contributed by atoms with Crippen LogP contribution in [0.4, 0.5) is 0 Å².